The number of nitrogens with zero attached hydrogens (tertiary/aromatic N) is 1. The van der Waals surface area contributed by atoms with E-state index in [1.807, 2.05) is 62.4 Å². The minimum atomic E-state index is -0.00384. The lowest BCUT2D eigenvalue weighted by Gasteiger charge is -2.20. The fourth-order valence-corrected chi connectivity index (χ4v) is 2.13. The number of aryl methyl sites for hydroxylation is 1. The number of para-hydroxylation sites is 1. The van der Waals surface area contributed by atoms with Crippen LogP contribution in [-0.4, -0.2) is 19.5 Å². The van der Waals surface area contributed by atoms with Crippen molar-refractivity contribution in [3.63, 3.8) is 0 Å². The lowest BCUT2D eigenvalue weighted by atomic mass is 10.1. The maximum absolute atomic E-state index is 12.7. The first kappa shape index (κ1) is 14.1. The van der Waals surface area contributed by atoms with Crippen molar-refractivity contribution >= 4 is 17.3 Å². The van der Waals surface area contributed by atoms with Gasteiger partial charge in [-0.3, -0.25) is 4.79 Å². The topological polar surface area (TPSA) is 32.3 Å². The molecule has 1 amide bonds. The van der Waals surface area contributed by atoms with Gasteiger partial charge in [0.2, 0.25) is 0 Å². The van der Waals surface area contributed by atoms with Gasteiger partial charge in [0.25, 0.3) is 5.91 Å². The van der Waals surface area contributed by atoms with Gasteiger partial charge < -0.3 is 10.2 Å². The monoisotopic (exact) mass is 268 g/mol. The summed E-state index contributed by atoms with van der Waals surface area (Å²) < 4.78 is 0. The number of hydrogen-bond acceptors (Lipinski definition) is 2. The van der Waals surface area contributed by atoms with Crippen molar-refractivity contribution in [3.05, 3.63) is 59.7 Å². The van der Waals surface area contributed by atoms with E-state index in [0.717, 1.165) is 23.5 Å². The third-order valence-electron chi connectivity index (χ3n) is 3.22. The Balaban J connectivity index is 2.35. The molecule has 0 saturated carbocycles. The van der Waals surface area contributed by atoms with Crippen LogP contribution in [0.5, 0.6) is 0 Å². The average molecular weight is 268 g/mol. The molecule has 0 heterocycles. The minimum absolute atomic E-state index is 0.00384. The fraction of sp³-hybridized carbons (Fsp3) is 0.235. The van der Waals surface area contributed by atoms with Crippen LogP contribution in [0, 0.1) is 6.92 Å². The summed E-state index contributed by atoms with van der Waals surface area (Å²) in [5.74, 6) is -0.00384. The van der Waals surface area contributed by atoms with E-state index >= 15 is 0 Å². The van der Waals surface area contributed by atoms with Gasteiger partial charge in [0.05, 0.1) is 5.56 Å². The van der Waals surface area contributed by atoms with Gasteiger partial charge in [-0.15, -0.1) is 0 Å². The molecule has 0 spiro atoms. The van der Waals surface area contributed by atoms with Crippen LogP contribution in [0.2, 0.25) is 0 Å². The Labute approximate surface area is 120 Å². The molecule has 0 radical (unpaired) electrons. The first-order valence-corrected chi connectivity index (χ1v) is 6.81. The van der Waals surface area contributed by atoms with E-state index in [-0.39, 0.29) is 5.91 Å². The number of amides is 1. The molecule has 0 aliphatic rings. The summed E-state index contributed by atoms with van der Waals surface area (Å²) in [6, 6.07) is 15.6. The van der Waals surface area contributed by atoms with E-state index < -0.39 is 0 Å². The number of carbonyl (C=O) groups is 1. The Bertz CT molecular complexity index is 593. The van der Waals surface area contributed by atoms with E-state index in [0.29, 0.717) is 5.56 Å². The molecule has 3 nitrogen and oxygen atoms in total. The van der Waals surface area contributed by atoms with Crippen molar-refractivity contribution in [2.45, 2.75) is 13.8 Å². The van der Waals surface area contributed by atoms with Crippen LogP contribution in [-0.2, 0) is 0 Å². The molecule has 0 aliphatic heterocycles. The molecule has 2 rings (SSSR count). The van der Waals surface area contributed by atoms with Crippen LogP contribution in [0.4, 0.5) is 11.4 Å². The van der Waals surface area contributed by atoms with Crippen LogP contribution < -0.4 is 10.2 Å². The SMILES string of the molecule is CCNc1ccc(C)cc1C(=O)N(C)c1ccccc1. The molecule has 2 aromatic carbocycles. The summed E-state index contributed by atoms with van der Waals surface area (Å²) in [7, 11) is 1.80. The summed E-state index contributed by atoms with van der Waals surface area (Å²) in [6.45, 7) is 4.81. The zero-order valence-electron chi connectivity index (χ0n) is 12.2. The lowest BCUT2D eigenvalue weighted by Crippen LogP contribution is -2.27. The summed E-state index contributed by atoms with van der Waals surface area (Å²) in [4.78, 5) is 14.4. The Kier molecular flexibility index (Phi) is 4.41. The average Bonchev–Trinajstić information content (AvgIpc) is 2.48. The highest BCUT2D eigenvalue weighted by molar-refractivity contribution is 6.09. The van der Waals surface area contributed by atoms with Crippen molar-refractivity contribution in [2.75, 3.05) is 23.8 Å². The van der Waals surface area contributed by atoms with Gasteiger partial charge in [-0.1, -0.05) is 29.8 Å². The van der Waals surface area contributed by atoms with Crippen LogP contribution in [0.1, 0.15) is 22.8 Å². The first-order chi connectivity index (χ1) is 9.63. The smallest absolute Gasteiger partial charge is 0.260 e. The van der Waals surface area contributed by atoms with Gasteiger partial charge in [0, 0.05) is 25.0 Å². The van der Waals surface area contributed by atoms with E-state index in [1.54, 1.807) is 11.9 Å². The predicted molar refractivity (Wildman–Crippen MR) is 84.5 cm³/mol. The van der Waals surface area contributed by atoms with E-state index in [2.05, 4.69) is 5.32 Å². The molecular weight excluding hydrogens is 248 g/mol. The molecule has 0 saturated heterocycles. The molecule has 3 heteroatoms. The van der Waals surface area contributed by atoms with E-state index in [4.69, 9.17) is 0 Å². The van der Waals surface area contributed by atoms with Gasteiger partial charge in [0.1, 0.15) is 0 Å². The molecule has 0 fully saturated rings. The molecule has 0 atom stereocenters. The summed E-state index contributed by atoms with van der Waals surface area (Å²) in [5, 5.41) is 3.24. The highest BCUT2D eigenvalue weighted by Gasteiger charge is 2.17. The highest BCUT2D eigenvalue weighted by Crippen LogP contribution is 2.22. The summed E-state index contributed by atoms with van der Waals surface area (Å²) in [6.07, 6.45) is 0. The predicted octanol–water partition coefficient (Wildman–Crippen LogP) is 3.70. The standard InChI is InChI=1S/C17H20N2O/c1-4-18-16-11-10-13(2)12-15(16)17(20)19(3)14-8-6-5-7-9-14/h5-12,18H,4H2,1-3H3. The fourth-order valence-electron chi connectivity index (χ4n) is 2.13. The number of nitrogens with one attached hydrogen (secondary N) is 1. The Morgan fingerprint density at radius 2 is 1.85 bits per heavy atom. The van der Waals surface area contributed by atoms with Crippen LogP contribution in [0.3, 0.4) is 0 Å². The van der Waals surface area contributed by atoms with Gasteiger partial charge >= 0.3 is 0 Å². The zero-order chi connectivity index (χ0) is 14.5. The molecule has 2 aromatic rings. The molecule has 104 valence electrons. The molecule has 0 aromatic heterocycles. The van der Waals surface area contributed by atoms with Gasteiger partial charge in [-0.2, -0.15) is 0 Å². The maximum Gasteiger partial charge on any atom is 0.260 e. The second kappa shape index (κ2) is 6.24. The third-order valence-corrected chi connectivity index (χ3v) is 3.22. The van der Waals surface area contributed by atoms with E-state index in [1.165, 1.54) is 0 Å². The maximum atomic E-state index is 12.7. The first-order valence-electron chi connectivity index (χ1n) is 6.81. The van der Waals surface area contributed by atoms with Crippen LogP contribution in [0.15, 0.2) is 48.5 Å². The highest BCUT2D eigenvalue weighted by atomic mass is 16.2. The van der Waals surface area contributed by atoms with Crippen LogP contribution in [0.25, 0.3) is 0 Å². The van der Waals surface area contributed by atoms with Gasteiger partial charge in [-0.05, 0) is 38.1 Å². The second-order valence-corrected chi connectivity index (χ2v) is 4.78. The molecule has 20 heavy (non-hydrogen) atoms. The van der Waals surface area contributed by atoms with Crippen molar-refractivity contribution in [1.82, 2.24) is 0 Å². The minimum Gasteiger partial charge on any atom is -0.385 e. The number of benzene rings is 2. The molecular formula is C17H20N2O. The largest absolute Gasteiger partial charge is 0.385 e. The summed E-state index contributed by atoms with van der Waals surface area (Å²) >= 11 is 0. The molecule has 0 bridgehead atoms. The van der Waals surface area contributed by atoms with Gasteiger partial charge in [0.15, 0.2) is 0 Å². The quantitative estimate of drug-likeness (QED) is 0.917. The van der Waals surface area contributed by atoms with Crippen molar-refractivity contribution in [1.29, 1.82) is 0 Å². The molecule has 1 N–H and O–H groups in total. The number of hydrogen-bond donors (Lipinski definition) is 1. The van der Waals surface area contributed by atoms with E-state index in [9.17, 15) is 4.79 Å². The van der Waals surface area contributed by atoms with Crippen molar-refractivity contribution in [2.24, 2.45) is 0 Å². The van der Waals surface area contributed by atoms with Crippen LogP contribution >= 0.6 is 0 Å². The zero-order valence-corrected chi connectivity index (χ0v) is 12.2. The number of anilines is 2. The Hall–Kier alpha value is -2.29. The molecule has 0 unspecified atom stereocenters. The normalized spacial score (nSPS) is 10.2. The second-order valence-electron chi connectivity index (χ2n) is 4.78. The number of rotatable bonds is 4. The summed E-state index contributed by atoms with van der Waals surface area (Å²) in [5.41, 5.74) is 3.56. The van der Waals surface area contributed by atoms with Crippen molar-refractivity contribution < 1.29 is 4.79 Å². The Morgan fingerprint density at radius 1 is 1.15 bits per heavy atom. The van der Waals surface area contributed by atoms with Gasteiger partial charge in [-0.25, -0.2) is 0 Å². The van der Waals surface area contributed by atoms with Crippen molar-refractivity contribution in [3.8, 4) is 0 Å². The Morgan fingerprint density at radius 3 is 2.50 bits per heavy atom. The third kappa shape index (κ3) is 2.99. The lowest BCUT2D eigenvalue weighted by molar-refractivity contribution is 0.0993. The molecule has 0 aliphatic carbocycles. The number of carbonyl (C=O) groups excluding carboxylic acids is 1.